The van der Waals surface area contributed by atoms with Crippen LogP contribution in [0.5, 0.6) is 11.5 Å². The minimum Gasteiger partial charge on any atom is -0.493 e. The number of nitrogens with zero attached hydrogens (tertiary/aromatic N) is 1. The van der Waals surface area contributed by atoms with E-state index in [4.69, 9.17) is 9.47 Å². The van der Waals surface area contributed by atoms with Crippen LogP contribution in [0.1, 0.15) is 30.9 Å². The Hall–Kier alpha value is -3.35. The van der Waals surface area contributed by atoms with Gasteiger partial charge in [-0.25, -0.2) is 5.43 Å². The number of methoxy groups -OCH3 is 2. The number of ether oxygens (including phenoxy) is 2. The fourth-order valence-electron chi connectivity index (χ4n) is 2.83. The summed E-state index contributed by atoms with van der Waals surface area (Å²) in [7, 11) is 3.18. The number of hydrogen-bond donors (Lipinski definition) is 2. The number of benzene rings is 2. The van der Waals surface area contributed by atoms with E-state index in [2.05, 4.69) is 15.8 Å². The van der Waals surface area contributed by atoms with Crippen molar-refractivity contribution < 1.29 is 19.1 Å². The van der Waals surface area contributed by atoms with Crippen molar-refractivity contribution in [1.82, 2.24) is 10.7 Å². The van der Waals surface area contributed by atoms with Crippen LogP contribution in [0, 0.1) is 0 Å². The third-order valence-electron chi connectivity index (χ3n) is 4.46. The van der Waals surface area contributed by atoms with E-state index in [9.17, 15) is 9.59 Å². The van der Waals surface area contributed by atoms with Gasteiger partial charge in [0.25, 0.3) is 0 Å². The van der Waals surface area contributed by atoms with Crippen molar-refractivity contribution in [3.05, 3.63) is 59.7 Å². The van der Waals surface area contributed by atoms with Crippen molar-refractivity contribution in [2.45, 2.75) is 32.6 Å². The lowest BCUT2D eigenvalue weighted by Gasteiger charge is -2.10. The third-order valence-corrected chi connectivity index (χ3v) is 4.46. The number of carbonyl (C=O) groups is 2. The highest BCUT2D eigenvalue weighted by molar-refractivity contribution is 6.00. The Morgan fingerprint density at radius 3 is 2.33 bits per heavy atom. The lowest BCUT2D eigenvalue weighted by atomic mass is 10.1. The smallest absolute Gasteiger partial charge is 0.240 e. The lowest BCUT2D eigenvalue weighted by Crippen LogP contribution is -2.28. The molecule has 2 aromatic carbocycles. The zero-order valence-corrected chi connectivity index (χ0v) is 17.7. The molecule has 0 radical (unpaired) electrons. The van der Waals surface area contributed by atoms with E-state index < -0.39 is 0 Å². The molecule has 0 aromatic heterocycles. The number of hydrogen-bond acceptors (Lipinski definition) is 5. The number of hydrazone groups is 1. The Labute approximate surface area is 177 Å². The largest absolute Gasteiger partial charge is 0.493 e. The number of carbonyl (C=O) groups excluding carboxylic acids is 2. The number of aryl methyl sites for hydroxylation is 1. The van der Waals surface area contributed by atoms with Crippen molar-refractivity contribution in [3.8, 4) is 11.5 Å². The second-order valence-corrected chi connectivity index (χ2v) is 6.83. The molecule has 0 aliphatic carbocycles. The SMILES string of the molecule is COc1ccc(CCNC(=O)CC(C)=NNC(=O)CCc2ccccc2)cc1OC. The summed E-state index contributed by atoms with van der Waals surface area (Å²) in [4.78, 5) is 24.0. The van der Waals surface area contributed by atoms with Crippen LogP contribution < -0.4 is 20.2 Å². The number of amides is 2. The maximum Gasteiger partial charge on any atom is 0.240 e. The maximum atomic E-state index is 12.1. The summed E-state index contributed by atoms with van der Waals surface area (Å²) in [5.74, 6) is 1.01. The van der Waals surface area contributed by atoms with Crippen LogP contribution in [0.15, 0.2) is 53.6 Å². The van der Waals surface area contributed by atoms with E-state index in [1.807, 2.05) is 48.5 Å². The van der Waals surface area contributed by atoms with Gasteiger partial charge in [0.05, 0.1) is 20.6 Å². The molecule has 0 fully saturated rings. The van der Waals surface area contributed by atoms with Crippen molar-refractivity contribution in [3.63, 3.8) is 0 Å². The van der Waals surface area contributed by atoms with Crippen molar-refractivity contribution >= 4 is 17.5 Å². The molecule has 0 atom stereocenters. The summed E-state index contributed by atoms with van der Waals surface area (Å²) in [6, 6.07) is 15.5. The Balaban J connectivity index is 1.69. The number of nitrogens with one attached hydrogen (secondary N) is 2. The summed E-state index contributed by atoms with van der Waals surface area (Å²) in [5.41, 5.74) is 5.19. The Morgan fingerprint density at radius 1 is 0.900 bits per heavy atom. The van der Waals surface area contributed by atoms with E-state index in [-0.39, 0.29) is 18.2 Å². The molecule has 0 unspecified atom stereocenters. The van der Waals surface area contributed by atoms with E-state index in [0.29, 0.717) is 43.0 Å². The summed E-state index contributed by atoms with van der Waals surface area (Å²) in [5, 5.41) is 6.87. The molecular weight excluding hydrogens is 382 g/mol. The third kappa shape index (κ3) is 7.95. The van der Waals surface area contributed by atoms with Gasteiger partial charge in [-0.3, -0.25) is 9.59 Å². The molecule has 2 N–H and O–H groups in total. The van der Waals surface area contributed by atoms with Crippen LogP contribution in [-0.4, -0.2) is 38.3 Å². The van der Waals surface area contributed by atoms with E-state index in [1.165, 1.54) is 0 Å². The molecule has 2 rings (SSSR count). The highest BCUT2D eigenvalue weighted by atomic mass is 16.5. The van der Waals surface area contributed by atoms with Crippen LogP contribution >= 0.6 is 0 Å². The predicted molar refractivity (Wildman–Crippen MR) is 117 cm³/mol. The maximum absolute atomic E-state index is 12.1. The van der Waals surface area contributed by atoms with Crippen molar-refractivity contribution in [2.24, 2.45) is 5.10 Å². The lowest BCUT2D eigenvalue weighted by molar-refractivity contribution is -0.121. The molecule has 30 heavy (non-hydrogen) atoms. The topological polar surface area (TPSA) is 89.0 Å². The summed E-state index contributed by atoms with van der Waals surface area (Å²) in [6.07, 6.45) is 1.79. The fourth-order valence-corrected chi connectivity index (χ4v) is 2.83. The minimum atomic E-state index is -0.174. The van der Waals surface area contributed by atoms with Crippen LogP contribution in [0.3, 0.4) is 0 Å². The Morgan fingerprint density at radius 2 is 1.63 bits per heavy atom. The zero-order chi connectivity index (χ0) is 21.8. The average Bonchev–Trinajstić information content (AvgIpc) is 2.76. The van der Waals surface area contributed by atoms with Crippen LogP contribution in [-0.2, 0) is 22.4 Å². The highest BCUT2D eigenvalue weighted by Gasteiger charge is 2.07. The van der Waals surface area contributed by atoms with Crippen LogP contribution in [0.25, 0.3) is 0 Å². The second-order valence-electron chi connectivity index (χ2n) is 6.83. The zero-order valence-electron chi connectivity index (χ0n) is 17.7. The normalized spacial score (nSPS) is 11.0. The van der Waals surface area contributed by atoms with Gasteiger partial charge in [-0.2, -0.15) is 5.10 Å². The first-order valence-corrected chi connectivity index (χ1v) is 9.85. The van der Waals surface area contributed by atoms with Crippen LogP contribution in [0.4, 0.5) is 0 Å². The Kier molecular flexibility index (Phi) is 9.37. The van der Waals surface area contributed by atoms with E-state index >= 15 is 0 Å². The molecule has 7 heteroatoms. The van der Waals surface area contributed by atoms with Gasteiger partial charge in [-0.15, -0.1) is 0 Å². The van der Waals surface area contributed by atoms with Gasteiger partial charge in [0.1, 0.15) is 0 Å². The van der Waals surface area contributed by atoms with Crippen molar-refractivity contribution in [2.75, 3.05) is 20.8 Å². The molecule has 0 heterocycles. The van der Waals surface area contributed by atoms with Gasteiger partial charge < -0.3 is 14.8 Å². The van der Waals surface area contributed by atoms with E-state index in [0.717, 1.165) is 11.1 Å². The quantitative estimate of drug-likeness (QED) is 0.440. The molecule has 0 saturated heterocycles. The van der Waals surface area contributed by atoms with Crippen molar-refractivity contribution in [1.29, 1.82) is 0 Å². The monoisotopic (exact) mass is 411 g/mol. The molecule has 160 valence electrons. The van der Waals surface area contributed by atoms with Gasteiger partial charge in [-0.05, 0) is 43.0 Å². The molecular formula is C23H29N3O4. The summed E-state index contributed by atoms with van der Waals surface area (Å²) < 4.78 is 10.5. The minimum absolute atomic E-state index is 0.130. The van der Waals surface area contributed by atoms with Gasteiger partial charge in [0.15, 0.2) is 11.5 Å². The van der Waals surface area contributed by atoms with Gasteiger partial charge in [0.2, 0.25) is 11.8 Å². The number of rotatable bonds is 11. The molecule has 0 bridgehead atoms. The van der Waals surface area contributed by atoms with E-state index in [1.54, 1.807) is 21.1 Å². The van der Waals surface area contributed by atoms with Gasteiger partial charge >= 0.3 is 0 Å². The van der Waals surface area contributed by atoms with Gasteiger partial charge in [-0.1, -0.05) is 36.4 Å². The molecule has 0 spiro atoms. The standard InChI is InChI=1S/C23H29N3O4/c1-17(25-26-22(27)12-10-18-7-5-4-6-8-18)15-23(28)24-14-13-19-9-11-20(29-2)21(16-19)30-3/h4-9,11,16H,10,12-15H2,1-3H3,(H,24,28)(H,26,27). The first-order chi connectivity index (χ1) is 14.5. The second kappa shape index (κ2) is 12.3. The summed E-state index contributed by atoms with van der Waals surface area (Å²) in [6.45, 7) is 2.20. The first kappa shape index (κ1) is 22.9. The first-order valence-electron chi connectivity index (χ1n) is 9.85. The highest BCUT2D eigenvalue weighted by Crippen LogP contribution is 2.27. The predicted octanol–water partition coefficient (Wildman–Crippen LogP) is 2.88. The average molecular weight is 412 g/mol. The van der Waals surface area contributed by atoms with Gasteiger partial charge in [0, 0.05) is 18.7 Å². The molecule has 0 aliphatic heterocycles. The molecule has 0 aliphatic rings. The van der Waals surface area contributed by atoms with Crippen LogP contribution in [0.2, 0.25) is 0 Å². The molecule has 2 aromatic rings. The fraction of sp³-hybridized carbons (Fsp3) is 0.348. The Bertz CT molecular complexity index is 866. The molecule has 7 nitrogen and oxygen atoms in total. The molecule has 0 saturated carbocycles. The summed E-state index contributed by atoms with van der Waals surface area (Å²) >= 11 is 0. The molecule has 2 amide bonds.